The number of nitrogens with zero attached hydrogens (tertiary/aromatic N) is 5. The number of allylic oxidation sites excluding steroid dienone is 2. The first-order chi connectivity index (χ1) is 14.1. The summed E-state index contributed by atoms with van der Waals surface area (Å²) in [5.74, 6) is 0.864. The highest BCUT2D eigenvalue weighted by molar-refractivity contribution is 5.93. The van der Waals surface area contributed by atoms with Crippen LogP contribution in [0, 0.1) is 6.92 Å². The van der Waals surface area contributed by atoms with Gasteiger partial charge in [0.1, 0.15) is 11.2 Å². The minimum atomic E-state index is -1.04. The molecule has 156 valence electrons. The van der Waals surface area contributed by atoms with Gasteiger partial charge in [-0.1, -0.05) is 12.7 Å². The number of aliphatic imine (C=N–C) groups is 1. The molecule has 0 bridgehead atoms. The molecule has 0 aromatic carbocycles. The van der Waals surface area contributed by atoms with Gasteiger partial charge >= 0.3 is 0 Å². The summed E-state index contributed by atoms with van der Waals surface area (Å²) in [6.07, 6.45) is 4.65. The molecule has 9 heteroatoms. The Morgan fingerprint density at radius 1 is 1.40 bits per heavy atom. The molecule has 3 rings (SSSR count). The van der Waals surface area contributed by atoms with E-state index in [1.165, 1.54) is 10.9 Å². The second kappa shape index (κ2) is 8.03. The molecule has 3 heterocycles. The molecule has 0 radical (unpaired) electrons. The molecule has 9 nitrogen and oxygen atoms in total. The van der Waals surface area contributed by atoms with Gasteiger partial charge in [-0.2, -0.15) is 5.10 Å². The van der Waals surface area contributed by atoms with Gasteiger partial charge in [0.15, 0.2) is 5.82 Å². The molecule has 0 saturated carbocycles. The van der Waals surface area contributed by atoms with Gasteiger partial charge in [0.2, 0.25) is 0 Å². The number of hydrogen-bond donors (Lipinski definition) is 3. The van der Waals surface area contributed by atoms with Crippen molar-refractivity contribution < 1.29 is 5.11 Å². The molecule has 0 saturated heterocycles. The molecule has 3 N–H and O–H groups in total. The normalized spacial score (nSPS) is 13.0. The number of aliphatic hydroxyl groups is 1. The average molecular weight is 407 g/mol. The smallest absolute Gasteiger partial charge is 0.264 e. The fraction of sp³-hybridized carbons (Fsp3) is 0.286. The van der Waals surface area contributed by atoms with E-state index in [-0.39, 0.29) is 5.56 Å². The summed E-state index contributed by atoms with van der Waals surface area (Å²) in [5, 5.41) is 20.5. The highest BCUT2D eigenvalue weighted by Gasteiger charge is 2.17. The third kappa shape index (κ3) is 4.36. The molecule has 0 aliphatic heterocycles. The predicted molar refractivity (Wildman–Crippen MR) is 119 cm³/mol. The summed E-state index contributed by atoms with van der Waals surface area (Å²) in [4.78, 5) is 26.1. The van der Waals surface area contributed by atoms with Crippen LogP contribution in [0.15, 0.2) is 47.1 Å². The first-order valence-electron chi connectivity index (χ1n) is 9.36. The lowest BCUT2D eigenvalue weighted by Crippen LogP contribution is -2.28. The monoisotopic (exact) mass is 407 g/mol. The standard InChI is InChI=1S/C21H25N7O2/c1-7-14(10-22-13(3)21(4,5)30)15-9-16-18(20(29)28(6)11-23-16)19(24-15)25-17-8-12(2)26-27-17/h7-11,30H,1H2,2-6H3,(H2,24,25,26,27). The minimum absolute atomic E-state index is 0.228. The topological polar surface area (TPSA) is 121 Å². The second-order valence-corrected chi connectivity index (χ2v) is 7.53. The number of hydrogen-bond acceptors (Lipinski definition) is 7. The molecule has 0 fully saturated rings. The van der Waals surface area contributed by atoms with Gasteiger partial charge in [-0.15, -0.1) is 0 Å². The SMILES string of the molecule is C=CC(=CN=C(C)C(C)(C)O)c1cc2ncn(C)c(=O)c2c(Nc2cc(C)[nH]n2)n1. The van der Waals surface area contributed by atoms with Crippen molar-refractivity contribution >= 4 is 33.8 Å². The Morgan fingerprint density at radius 3 is 2.73 bits per heavy atom. The van der Waals surface area contributed by atoms with Gasteiger partial charge in [-0.25, -0.2) is 9.97 Å². The lowest BCUT2D eigenvalue weighted by atomic mass is 10.0. The van der Waals surface area contributed by atoms with Crippen LogP contribution in [0.5, 0.6) is 0 Å². The minimum Gasteiger partial charge on any atom is -0.385 e. The van der Waals surface area contributed by atoms with Crippen molar-refractivity contribution in [2.75, 3.05) is 5.32 Å². The van der Waals surface area contributed by atoms with Gasteiger partial charge in [0.05, 0.1) is 23.1 Å². The maximum absolute atomic E-state index is 12.8. The number of rotatable bonds is 6. The van der Waals surface area contributed by atoms with E-state index in [2.05, 4.69) is 37.1 Å². The molecule has 0 unspecified atom stereocenters. The molecule has 0 amide bonds. The highest BCUT2D eigenvalue weighted by Crippen LogP contribution is 2.25. The van der Waals surface area contributed by atoms with Gasteiger partial charge in [-0.3, -0.25) is 14.9 Å². The molecule has 0 aliphatic carbocycles. The van der Waals surface area contributed by atoms with Crippen LogP contribution in [0.1, 0.15) is 32.2 Å². The van der Waals surface area contributed by atoms with Crippen LogP contribution >= 0.6 is 0 Å². The number of nitrogens with one attached hydrogen (secondary N) is 2. The molecule has 3 aromatic heterocycles. The van der Waals surface area contributed by atoms with Crippen molar-refractivity contribution in [1.29, 1.82) is 0 Å². The Balaban J connectivity index is 2.19. The molecule has 0 atom stereocenters. The van der Waals surface area contributed by atoms with Crippen LogP contribution in [-0.4, -0.2) is 41.2 Å². The molecule has 0 aliphatic rings. The molecular weight excluding hydrogens is 382 g/mol. The van der Waals surface area contributed by atoms with Crippen LogP contribution in [0.4, 0.5) is 11.6 Å². The molecule has 0 spiro atoms. The number of pyridine rings is 1. The van der Waals surface area contributed by atoms with E-state index < -0.39 is 5.60 Å². The summed E-state index contributed by atoms with van der Waals surface area (Å²) in [6.45, 7) is 10.8. The summed E-state index contributed by atoms with van der Waals surface area (Å²) < 4.78 is 1.39. The molecule has 3 aromatic rings. The van der Waals surface area contributed by atoms with Crippen molar-refractivity contribution in [3.8, 4) is 0 Å². The lowest BCUT2D eigenvalue weighted by Gasteiger charge is -2.16. The second-order valence-electron chi connectivity index (χ2n) is 7.53. The van der Waals surface area contributed by atoms with Crippen molar-refractivity contribution in [3.63, 3.8) is 0 Å². The van der Waals surface area contributed by atoms with Gasteiger partial charge < -0.3 is 15.0 Å². The maximum atomic E-state index is 12.8. The summed E-state index contributed by atoms with van der Waals surface area (Å²) in [6, 6.07) is 3.52. The zero-order valence-electron chi connectivity index (χ0n) is 17.7. The van der Waals surface area contributed by atoms with E-state index in [1.54, 1.807) is 46.2 Å². The van der Waals surface area contributed by atoms with Gasteiger partial charge in [-0.05, 0) is 33.8 Å². The maximum Gasteiger partial charge on any atom is 0.264 e. The van der Waals surface area contributed by atoms with Crippen LogP contribution in [0.3, 0.4) is 0 Å². The Kier molecular flexibility index (Phi) is 5.66. The predicted octanol–water partition coefficient (Wildman–Crippen LogP) is 2.86. The Morgan fingerprint density at radius 2 is 2.13 bits per heavy atom. The third-order valence-corrected chi connectivity index (χ3v) is 4.65. The van der Waals surface area contributed by atoms with E-state index in [9.17, 15) is 9.90 Å². The Bertz CT molecular complexity index is 1230. The van der Waals surface area contributed by atoms with E-state index >= 15 is 0 Å². The third-order valence-electron chi connectivity index (χ3n) is 4.65. The number of aromatic amines is 1. The Labute approximate surface area is 173 Å². The van der Waals surface area contributed by atoms with Crippen molar-refractivity contribution in [3.05, 3.63) is 59.1 Å². The van der Waals surface area contributed by atoms with E-state index in [4.69, 9.17) is 0 Å². The van der Waals surface area contributed by atoms with Crippen molar-refractivity contribution in [2.45, 2.75) is 33.3 Å². The number of fused-ring (bicyclic) bond motifs is 1. The van der Waals surface area contributed by atoms with Crippen molar-refractivity contribution in [2.24, 2.45) is 12.0 Å². The summed E-state index contributed by atoms with van der Waals surface area (Å²) in [7, 11) is 1.63. The van der Waals surface area contributed by atoms with Crippen LogP contribution in [0.25, 0.3) is 16.5 Å². The van der Waals surface area contributed by atoms with E-state index in [1.807, 2.05) is 13.0 Å². The van der Waals surface area contributed by atoms with Crippen LogP contribution < -0.4 is 10.9 Å². The Hall–Kier alpha value is -3.59. The van der Waals surface area contributed by atoms with Crippen molar-refractivity contribution in [1.82, 2.24) is 24.7 Å². The molecular formula is C21H25N7O2. The fourth-order valence-corrected chi connectivity index (χ4v) is 2.61. The number of aryl methyl sites for hydroxylation is 2. The number of H-pyrrole nitrogens is 1. The number of anilines is 2. The number of aromatic nitrogens is 5. The van der Waals surface area contributed by atoms with E-state index in [0.717, 1.165) is 5.69 Å². The largest absolute Gasteiger partial charge is 0.385 e. The molecule has 30 heavy (non-hydrogen) atoms. The zero-order valence-corrected chi connectivity index (χ0v) is 17.7. The fourth-order valence-electron chi connectivity index (χ4n) is 2.61. The lowest BCUT2D eigenvalue weighted by molar-refractivity contribution is 0.153. The van der Waals surface area contributed by atoms with Gasteiger partial charge in [0, 0.05) is 36.3 Å². The summed E-state index contributed by atoms with van der Waals surface area (Å²) in [5.41, 5.74) is 1.76. The first kappa shape index (κ1) is 21.1. The zero-order chi connectivity index (χ0) is 22.1. The first-order valence-corrected chi connectivity index (χ1v) is 9.36. The summed E-state index contributed by atoms with van der Waals surface area (Å²) >= 11 is 0. The van der Waals surface area contributed by atoms with Crippen LogP contribution in [-0.2, 0) is 7.05 Å². The average Bonchev–Trinajstić information content (AvgIpc) is 3.09. The van der Waals surface area contributed by atoms with Gasteiger partial charge in [0.25, 0.3) is 5.56 Å². The van der Waals surface area contributed by atoms with Crippen LogP contribution in [0.2, 0.25) is 0 Å². The quantitative estimate of drug-likeness (QED) is 0.427. The highest BCUT2D eigenvalue weighted by atomic mass is 16.3. The van der Waals surface area contributed by atoms with E-state index in [0.29, 0.717) is 39.5 Å².